The molecule has 0 heterocycles. The molecule has 0 atom stereocenters. The van der Waals surface area contributed by atoms with Gasteiger partial charge in [-0.3, -0.25) is 4.79 Å². The highest BCUT2D eigenvalue weighted by atomic mass is 79.9. The number of rotatable bonds is 2. The van der Waals surface area contributed by atoms with Crippen LogP contribution in [-0.4, -0.2) is 5.91 Å². The largest absolute Gasteiger partial charge is 0.317 e. The first-order valence-corrected chi connectivity index (χ1v) is 6.36. The van der Waals surface area contributed by atoms with Crippen molar-refractivity contribution in [1.82, 2.24) is 0 Å². The molecule has 98 valence electrons. The number of halogens is 4. The van der Waals surface area contributed by atoms with Crippen LogP contribution in [0.4, 0.5) is 14.5 Å². The van der Waals surface area contributed by atoms with Gasteiger partial charge in [0.1, 0.15) is 17.3 Å². The average molecular weight is 347 g/mol. The summed E-state index contributed by atoms with van der Waals surface area (Å²) in [6.45, 7) is 0. The lowest BCUT2D eigenvalue weighted by atomic mass is 10.2. The fourth-order valence-corrected chi connectivity index (χ4v) is 1.87. The second-order valence-corrected chi connectivity index (χ2v) is 4.94. The summed E-state index contributed by atoms with van der Waals surface area (Å²) in [6, 6.07) is 7.82. The third-order valence-corrected chi connectivity index (χ3v) is 3.62. The molecule has 0 aliphatic carbocycles. The number of carbonyl (C=O) groups excluding carboxylic acids is 1. The first-order valence-electron chi connectivity index (χ1n) is 5.19. The molecule has 0 aliphatic heterocycles. The van der Waals surface area contributed by atoms with Crippen molar-refractivity contribution in [1.29, 1.82) is 0 Å². The second kappa shape index (κ2) is 5.67. The zero-order valence-electron chi connectivity index (χ0n) is 9.38. The van der Waals surface area contributed by atoms with Crippen LogP contribution in [0.25, 0.3) is 0 Å². The molecule has 0 radical (unpaired) electrons. The Morgan fingerprint density at radius 1 is 1.16 bits per heavy atom. The monoisotopic (exact) mass is 345 g/mol. The van der Waals surface area contributed by atoms with Gasteiger partial charge in [-0.05, 0) is 46.3 Å². The molecule has 2 aromatic rings. The lowest BCUT2D eigenvalue weighted by molar-refractivity contribution is 0.102. The first-order chi connectivity index (χ1) is 8.99. The van der Waals surface area contributed by atoms with Crippen molar-refractivity contribution in [3.8, 4) is 0 Å². The van der Waals surface area contributed by atoms with Crippen LogP contribution in [0.5, 0.6) is 0 Å². The molecule has 19 heavy (non-hydrogen) atoms. The SMILES string of the molecule is O=C(Nc1c(F)cccc1F)c1ccc(Br)c(Cl)c1. The highest BCUT2D eigenvalue weighted by Gasteiger charge is 2.14. The van der Waals surface area contributed by atoms with Crippen molar-refractivity contribution in [2.75, 3.05) is 5.32 Å². The lowest BCUT2D eigenvalue weighted by Crippen LogP contribution is -2.14. The van der Waals surface area contributed by atoms with E-state index in [4.69, 9.17) is 11.6 Å². The minimum atomic E-state index is -0.837. The lowest BCUT2D eigenvalue weighted by Gasteiger charge is -2.08. The van der Waals surface area contributed by atoms with Gasteiger partial charge in [0, 0.05) is 10.0 Å². The van der Waals surface area contributed by atoms with Gasteiger partial charge in [0.25, 0.3) is 5.91 Å². The zero-order chi connectivity index (χ0) is 14.0. The maximum Gasteiger partial charge on any atom is 0.255 e. The number of hydrogen-bond acceptors (Lipinski definition) is 1. The third-order valence-electron chi connectivity index (χ3n) is 2.38. The quantitative estimate of drug-likeness (QED) is 0.844. The van der Waals surface area contributed by atoms with Gasteiger partial charge < -0.3 is 5.32 Å². The summed E-state index contributed by atoms with van der Waals surface area (Å²) >= 11 is 9.03. The Labute approximate surface area is 121 Å². The van der Waals surface area contributed by atoms with Gasteiger partial charge in [-0.2, -0.15) is 0 Å². The first kappa shape index (κ1) is 14.0. The van der Waals surface area contributed by atoms with Gasteiger partial charge in [0.15, 0.2) is 0 Å². The van der Waals surface area contributed by atoms with E-state index in [0.717, 1.165) is 12.1 Å². The van der Waals surface area contributed by atoms with Crippen molar-refractivity contribution < 1.29 is 13.6 Å². The highest BCUT2D eigenvalue weighted by molar-refractivity contribution is 9.10. The predicted molar refractivity (Wildman–Crippen MR) is 73.5 cm³/mol. The fourth-order valence-electron chi connectivity index (χ4n) is 1.44. The molecule has 1 N–H and O–H groups in total. The molecule has 0 bridgehead atoms. The van der Waals surface area contributed by atoms with Crippen molar-refractivity contribution in [2.45, 2.75) is 0 Å². The topological polar surface area (TPSA) is 29.1 Å². The van der Waals surface area contributed by atoms with Crippen LogP contribution in [0.15, 0.2) is 40.9 Å². The third kappa shape index (κ3) is 3.11. The minimum Gasteiger partial charge on any atom is -0.317 e. The van der Waals surface area contributed by atoms with E-state index in [1.165, 1.54) is 18.2 Å². The molecule has 0 aliphatic rings. The van der Waals surface area contributed by atoms with Crippen molar-refractivity contribution in [3.05, 3.63) is 63.1 Å². The Balaban J connectivity index is 2.28. The highest BCUT2D eigenvalue weighted by Crippen LogP contribution is 2.24. The molecule has 0 spiro atoms. The molecule has 0 fully saturated rings. The van der Waals surface area contributed by atoms with E-state index < -0.39 is 23.2 Å². The van der Waals surface area contributed by atoms with Crippen LogP contribution >= 0.6 is 27.5 Å². The van der Waals surface area contributed by atoms with Crippen LogP contribution in [0.2, 0.25) is 5.02 Å². The molecule has 6 heteroatoms. The number of para-hydroxylation sites is 1. The summed E-state index contributed by atoms with van der Waals surface area (Å²) in [7, 11) is 0. The summed E-state index contributed by atoms with van der Waals surface area (Å²) in [4.78, 5) is 11.9. The molecule has 0 saturated heterocycles. The summed E-state index contributed by atoms with van der Waals surface area (Å²) in [6.07, 6.45) is 0. The van der Waals surface area contributed by atoms with Gasteiger partial charge >= 0.3 is 0 Å². The van der Waals surface area contributed by atoms with Crippen molar-refractivity contribution in [2.24, 2.45) is 0 Å². The van der Waals surface area contributed by atoms with E-state index in [1.54, 1.807) is 6.07 Å². The number of anilines is 1. The summed E-state index contributed by atoms with van der Waals surface area (Å²) < 4.78 is 27.4. The number of hydrogen-bond donors (Lipinski definition) is 1. The van der Waals surface area contributed by atoms with Crippen LogP contribution in [0.1, 0.15) is 10.4 Å². The molecule has 0 unspecified atom stereocenters. The second-order valence-electron chi connectivity index (χ2n) is 3.68. The van der Waals surface area contributed by atoms with E-state index in [0.29, 0.717) is 9.50 Å². The van der Waals surface area contributed by atoms with E-state index in [2.05, 4.69) is 21.2 Å². The van der Waals surface area contributed by atoms with Gasteiger partial charge in [0.2, 0.25) is 0 Å². The Morgan fingerprint density at radius 3 is 2.37 bits per heavy atom. The van der Waals surface area contributed by atoms with Crippen LogP contribution in [0.3, 0.4) is 0 Å². The Hall–Kier alpha value is -1.46. The maximum atomic E-state index is 13.4. The van der Waals surface area contributed by atoms with Crippen molar-refractivity contribution in [3.63, 3.8) is 0 Å². The normalized spacial score (nSPS) is 10.3. The maximum absolute atomic E-state index is 13.4. The Bertz CT molecular complexity index is 628. The summed E-state index contributed by atoms with van der Waals surface area (Å²) in [5.74, 6) is -2.31. The number of benzene rings is 2. The molecule has 0 saturated carbocycles. The summed E-state index contributed by atoms with van der Waals surface area (Å²) in [5, 5.41) is 2.51. The van der Waals surface area contributed by atoms with Crippen LogP contribution < -0.4 is 5.32 Å². The summed E-state index contributed by atoms with van der Waals surface area (Å²) in [5.41, 5.74) is -0.276. The minimum absolute atomic E-state index is 0.204. The number of nitrogens with one attached hydrogen (secondary N) is 1. The smallest absolute Gasteiger partial charge is 0.255 e. The van der Waals surface area contributed by atoms with Gasteiger partial charge in [-0.25, -0.2) is 8.78 Å². The van der Waals surface area contributed by atoms with Gasteiger partial charge in [-0.15, -0.1) is 0 Å². The molecule has 0 aromatic heterocycles. The van der Waals surface area contributed by atoms with Gasteiger partial charge in [-0.1, -0.05) is 17.7 Å². The molecular weight excluding hydrogens is 340 g/mol. The Kier molecular flexibility index (Phi) is 4.17. The van der Waals surface area contributed by atoms with Crippen LogP contribution in [-0.2, 0) is 0 Å². The van der Waals surface area contributed by atoms with E-state index in [1.807, 2.05) is 0 Å². The van der Waals surface area contributed by atoms with Gasteiger partial charge in [0.05, 0.1) is 5.02 Å². The molecule has 2 nitrogen and oxygen atoms in total. The average Bonchev–Trinajstić information content (AvgIpc) is 2.37. The van der Waals surface area contributed by atoms with Crippen LogP contribution in [0, 0.1) is 11.6 Å². The standard InChI is InChI=1S/C13H7BrClF2NO/c14-8-5-4-7(6-9(8)15)13(19)18-12-10(16)2-1-3-11(12)17/h1-6H,(H,18,19). The fraction of sp³-hybridized carbons (Fsp3) is 0. The van der Waals surface area contributed by atoms with E-state index >= 15 is 0 Å². The zero-order valence-corrected chi connectivity index (χ0v) is 11.7. The molecule has 1 amide bonds. The molecular formula is C13H7BrClF2NO. The Morgan fingerprint density at radius 2 is 1.79 bits per heavy atom. The van der Waals surface area contributed by atoms with Crippen molar-refractivity contribution >= 4 is 39.1 Å². The molecule has 2 aromatic carbocycles. The van der Waals surface area contributed by atoms with E-state index in [9.17, 15) is 13.6 Å². The predicted octanol–water partition coefficient (Wildman–Crippen LogP) is 4.63. The number of amides is 1. The molecule has 2 rings (SSSR count). The number of carbonyl (C=O) groups is 1. The van der Waals surface area contributed by atoms with E-state index in [-0.39, 0.29) is 5.56 Å².